The number of carbonyl (C=O) groups is 1. The Hall–Kier alpha value is -4.12. The van der Waals surface area contributed by atoms with Gasteiger partial charge in [-0.05, 0) is 47.7 Å². The van der Waals surface area contributed by atoms with Crippen molar-refractivity contribution in [3.63, 3.8) is 0 Å². The van der Waals surface area contributed by atoms with Crippen LogP contribution in [0.25, 0.3) is 11.1 Å². The first-order valence-corrected chi connectivity index (χ1v) is 18.3. The second-order valence-corrected chi connectivity index (χ2v) is 15.1. The van der Waals surface area contributed by atoms with Crippen molar-refractivity contribution in [1.29, 1.82) is 0 Å². The summed E-state index contributed by atoms with van der Waals surface area (Å²) in [6, 6.07) is 19.1. The van der Waals surface area contributed by atoms with Crippen molar-refractivity contribution >= 4 is 33.2 Å². The van der Waals surface area contributed by atoms with Crippen molar-refractivity contribution in [2.24, 2.45) is 11.8 Å². The number of aliphatic hydroxyl groups excluding tert-OH is 1. The zero-order valence-electron chi connectivity index (χ0n) is 28.6. The Balaban J connectivity index is 1.16. The van der Waals surface area contributed by atoms with Crippen LogP contribution in [0.1, 0.15) is 25.0 Å². The van der Waals surface area contributed by atoms with Gasteiger partial charge in [0.25, 0.3) is 6.01 Å². The van der Waals surface area contributed by atoms with Crippen LogP contribution in [0.15, 0.2) is 82.1 Å². The first-order chi connectivity index (χ1) is 24.5. The van der Waals surface area contributed by atoms with Gasteiger partial charge < -0.3 is 39.1 Å². The van der Waals surface area contributed by atoms with Crippen LogP contribution >= 0.6 is 0 Å². The third-order valence-electron chi connectivity index (χ3n) is 8.87. The maximum atomic E-state index is 14.0. The molecule has 2 aliphatic heterocycles. The molecule has 2 fully saturated rings. The van der Waals surface area contributed by atoms with Crippen molar-refractivity contribution in [2.75, 3.05) is 38.7 Å². The van der Waals surface area contributed by atoms with Crippen LogP contribution in [0.5, 0.6) is 0 Å². The molecular weight excluding hydrogens is 683 g/mol. The molecule has 4 aromatic rings. The summed E-state index contributed by atoms with van der Waals surface area (Å²) >= 11 is 0. The lowest BCUT2D eigenvalue weighted by molar-refractivity contribution is -0.0916. The maximum absolute atomic E-state index is 14.0. The van der Waals surface area contributed by atoms with Gasteiger partial charge in [0.1, 0.15) is 17.4 Å². The van der Waals surface area contributed by atoms with Gasteiger partial charge >= 0.3 is 6.09 Å². The largest absolute Gasteiger partial charge is 0.443 e. The van der Waals surface area contributed by atoms with Crippen molar-refractivity contribution in [3.8, 4) is 0 Å². The minimum Gasteiger partial charge on any atom is -0.443 e. The van der Waals surface area contributed by atoms with E-state index in [0.29, 0.717) is 16.7 Å². The van der Waals surface area contributed by atoms with E-state index >= 15 is 0 Å². The molecular formula is C36H43FN4O9S. The first kappa shape index (κ1) is 36.7. The molecule has 0 unspecified atom stereocenters. The van der Waals surface area contributed by atoms with E-state index in [1.54, 1.807) is 25.2 Å². The van der Waals surface area contributed by atoms with Crippen molar-refractivity contribution < 1.29 is 46.1 Å². The van der Waals surface area contributed by atoms with Crippen LogP contribution in [0, 0.1) is 17.7 Å². The summed E-state index contributed by atoms with van der Waals surface area (Å²) in [6.07, 6.45) is -3.78. The van der Waals surface area contributed by atoms with Gasteiger partial charge in [-0.25, -0.2) is 17.6 Å². The smallest absolute Gasteiger partial charge is 0.407 e. The zero-order valence-corrected chi connectivity index (χ0v) is 29.4. The molecule has 6 rings (SSSR count). The van der Waals surface area contributed by atoms with E-state index in [9.17, 15) is 22.7 Å². The number of hydrogen-bond donors (Lipinski definition) is 3. The Kier molecular flexibility index (Phi) is 11.5. The molecule has 2 saturated heterocycles. The Labute approximate surface area is 296 Å². The number of fused-ring (bicyclic) bond motifs is 2. The standard InChI is InChI=1S/C36H43FN4O9S/c1-22(2)17-41(51(44,45)26-12-13-27-30(16-26)49-35(38-3)39-27)18-29(42)28(15-23-8-5-4-6-9-23)40-36(43)50-32-21-48-34-33(32)31(20-47-34)46-19-24-10-7-11-25(37)14-24/h4-14,16,22,28-29,31-34,42H,15,17-21H2,1-3H3,(H,38,39)(H,40,43)/t28-,29+,31-,32-,33-,34+/m0/s1. The van der Waals surface area contributed by atoms with E-state index < -0.39 is 52.7 Å². The van der Waals surface area contributed by atoms with Gasteiger partial charge in [0.2, 0.25) is 10.0 Å². The van der Waals surface area contributed by atoms with Crippen LogP contribution < -0.4 is 10.6 Å². The zero-order chi connectivity index (χ0) is 36.1. The Morgan fingerprint density at radius 1 is 1.02 bits per heavy atom. The number of oxazole rings is 1. The van der Waals surface area contributed by atoms with Crippen molar-refractivity contribution in [2.45, 2.75) is 62.4 Å². The average molecular weight is 727 g/mol. The maximum Gasteiger partial charge on any atom is 0.407 e. The van der Waals surface area contributed by atoms with Crippen LogP contribution in [-0.2, 0) is 42.0 Å². The number of rotatable bonds is 15. The summed E-state index contributed by atoms with van der Waals surface area (Å²) in [4.78, 5) is 17.7. The fourth-order valence-corrected chi connectivity index (χ4v) is 8.01. The number of nitrogens with zero attached hydrogens (tertiary/aromatic N) is 2. The number of amides is 1. The highest BCUT2D eigenvalue weighted by atomic mass is 32.2. The highest BCUT2D eigenvalue weighted by Gasteiger charge is 2.50. The van der Waals surface area contributed by atoms with Crippen LogP contribution in [0.3, 0.4) is 0 Å². The van der Waals surface area contributed by atoms with Gasteiger partial charge in [-0.3, -0.25) is 0 Å². The molecule has 2 aliphatic rings. The highest BCUT2D eigenvalue weighted by Crippen LogP contribution is 2.36. The number of aromatic nitrogens is 1. The number of alkyl carbamates (subject to hydrolysis) is 1. The Morgan fingerprint density at radius 3 is 2.49 bits per heavy atom. The number of halogens is 1. The Morgan fingerprint density at radius 2 is 1.76 bits per heavy atom. The minimum absolute atomic E-state index is 0.0163. The molecule has 6 atom stereocenters. The summed E-state index contributed by atoms with van der Waals surface area (Å²) in [5.74, 6) is -0.881. The van der Waals surface area contributed by atoms with Gasteiger partial charge in [-0.2, -0.15) is 9.29 Å². The third kappa shape index (κ3) is 8.86. The number of benzene rings is 3. The predicted molar refractivity (Wildman–Crippen MR) is 185 cm³/mol. The fourth-order valence-electron chi connectivity index (χ4n) is 6.37. The summed E-state index contributed by atoms with van der Waals surface area (Å²) in [5.41, 5.74) is 2.26. The summed E-state index contributed by atoms with van der Waals surface area (Å²) in [5, 5.41) is 17.3. The average Bonchev–Trinajstić information content (AvgIpc) is 3.82. The van der Waals surface area contributed by atoms with Crippen molar-refractivity contribution in [3.05, 3.63) is 89.7 Å². The molecule has 1 aromatic heterocycles. The summed E-state index contributed by atoms with van der Waals surface area (Å²) in [6.45, 7) is 3.97. The quantitative estimate of drug-likeness (QED) is 0.160. The molecule has 274 valence electrons. The SMILES string of the molecule is CNc1nc2ccc(S(=O)(=O)N(CC(C)C)C[C@@H](O)[C@H](Cc3ccccc3)NC(=O)O[C@H]3CO[C@H]4OC[C@H](OCc5cccc(F)c5)[C@H]43)cc2o1. The minimum atomic E-state index is -4.12. The second-order valence-electron chi connectivity index (χ2n) is 13.2. The molecule has 15 heteroatoms. The number of nitrogens with one attached hydrogen (secondary N) is 2. The molecule has 0 saturated carbocycles. The molecule has 3 N–H and O–H groups in total. The van der Waals surface area contributed by atoms with E-state index in [-0.39, 0.29) is 62.0 Å². The number of ether oxygens (including phenoxy) is 4. The third-order valence-corrected chi connectivity index (χ3v) is 10.7. The second kappa shape index (κ2) is 16.0. The summed E-state index contributed by atoms with van der Waals surface area (Å²) in [7, 11) is -2.48. The molecule has 51 heavy (non-hydrogen) atoms. The number of carbonyl (C=O) groups excluding carboxylic acids is 1. The lowest BCUT2D eigenvalue weighted by Crippen LogP contribution is -2.52. The number of anilines is 1. The summed E-state index contributed by atoms with van der Waals surface area (Å²) < 4.78 is 71.9. The van der Waals surface area contributed by atoms with Gasteiger partial charge in [0.05, 0.1) is 48.9 Å². The van der Waals surface area contributed by atoms with E-state index in [0.717, 1.165) is 5.56 Å². The van der Waals surface area contributed by atoms with E-state index in [4.69, 9.17) is 23.4 Å². The monoisotopic (exact) mass is 726 g/mol. The molecule has 1 amide bonds. The van der Waals surface area contributed by atoms with Crippen molar-refractivity contribution in [1.82, 2.24) is 14.6 Å². The van der Waals surface area contributed by atoms with E-state index in [1.807, 2.05) is 44.2 Å². The van der Waals surface area contributed by atoms with Gasteiger partial charge in [0.15, 0.2) is 11.9 Å². The fraction of sp³-hybridized carbons (Fsp3) is 0.444. The topological polar surface area (TPSA) is 162 Å². The molecule has 3 heterocycles. The predicted octanol–water partition coefficient (Wildman–Crippen LogP) is 4.31. The van der Waals surface area contributed by atoms with Gasteiger partial charge in [-0.1, -0.05) is 56.3 Å². The lowest BCUT2D eigenvalue weighted by atomic mass is 10.00. The lowest BCUT2D eigenvalue weighted by Gasteiger charge is -2.31. The molecule has 0 radical (unpaired) electrons. The highest BCUT2D eigenvalue weighted by molar-refractivity contribution is 7.89. The first-order valence-electron chi connectivity index (χ1n) is 16.9. The molecule has 0 aliphatic carbocycles. The number of aliphatic hydroxyl groups is 1. The van der Waals surface area contributed by atoms with E-state index in [1.165, 1.54) is 28.6 Å². The van der Waals surface area contributed by atoms with Gasteiger partial charge in [-0.15, -0.1) is 0 Å². The molecule has 3 aromatic carbocycles. The normalized spacial score (nSPS) is 21.5. The van der Waals surface area contributed by atoms with Gasteiger partial charge in [0, 0.05) is 26.2 Å². The molecule has 13 nitrogen and oxygen atoms in total. The Bertz CT molecular complexity index is 1890. The van der Waals surface area contributed by atoms with E-state index in [2.05, 4.69) is 15.6 Å². The number of sulfonamides is 1. The van der Waals surface area contributed by atoms with Crippen LogP contribution in [-0.4, -0.2) is 92.9 Å². The van der Waals surface area contributed by atoms with Crippen LogP contribution in [0.4, 0.5) is 15.2 Å². The van der Waals surface area contributed by atoms with Crippen LogP contribution in [0.2, 0.25) is 0 Å². The molecule has 0 bridgehead atoms. The molecule has 0 spiro atoms. The number of hydrogen-bond acceptors (Lipinski definition) is 11.